The van der Waals surface area contributed by atoms with Crippen molar-refractivity contribution in [1.29, 1.82) is 0 Å². The second-order valence-corrected chi connectivity index (χ2v) is 6.54. The van der Waals surface area contributed by atoms with Gasteiger partial charge in [0.2, 0.25) is 0 Å². The highest BCUT2D eigenvalue weighted by molar-refractivity contribution is 9.11. The van der Waals surface area contributed by atoms with Crippen LogP contribution in [-0.4, -0.2) is 4.57 Å². The topological polar surface area (TPSA) is 34.0 Å². The van der Waals surface area contributed by atoms with Crippen LogP contribution in [0.2, 0.25) is 0 Å². The zero-order valence-electron chi connectivity index (χ0n) is 10.3. The van der Waals surface area contributed by atoms with Crippen molar-refractivity contribution in [1.82, 2.24) is 4.57 Å². The molecule has 0 aliphatic rings. The number of nitrogens with one attached hydrogen (secondary N) is 1. The van der Waals surface area contributed by atoms with Crippen LogP contribution in [0.15, 0.2) is 39.0 Å². The van der Waals surface area contributed by atoms with Gasteiger partial charge in [-0.2, -0.15) is 0 Å². The van der Waals surface area contributed by atoms with E-state index >= 15 is 0 Å². The lowest BCUT2D eigenvalue weighted by atomic mass is 10.2. The third-order valence-electron chi connectivity index (χ3n) is 2.73. The molecule has 5 heteroatoms. The van der Waals surface area contributed by atoms with Crippen molar-refractivity contribution in [3.8, 4) is 0 Å². The Bertz CT molecular complexity index is 591. The van der Waals surface area contributed by atoms with Gasteiger partial charge in [0.05, 0.1) is 15.5 Å². The Hall–Kier alpha value is -1.07. The van der Waals surface area contributed by atoms with Gasteiger partial charge in [0.15, 0.2) is 0 Å². The van der Waals surface area contributed by atoms with Crippen molar-refractivity contribution >= 4 is 33.0 Å². The molecule has 1 N–H and O–H groups in total. The highest BCUT2D eigenvalue weighted by Gasteiger charge is 2.08. The van der Waals surface area contributed by atoms with Crippen LogP contribution in [0.25, 0.3) is 0 Å². The molecule has 0 aromatic carbocycles. The average Bonchev–Trinajstić information content (AvgIpc) is 2.78. The first-order valence-electron chi connectivity index (χ1n) is 5.82. The van der Waals surface area contributed by atoms with E-state index in [2.05, 4.69) is 34.2 Å². The van der Waals surface area contributed by atoms with Gasteiger partial charge < -0.3 is 9.88 Å². The summed E-state index contributed by atoms with van der Waals surface area (Å²) in [4.78, 5) is 12.8. The molecule has 0 radical (unpaired) electrons. The van der Waals surface area contributed by atoms with Crippen molar-refractivity contribution in [2.45, 2.75) is 26.4 Å². The van der Waals surface area contributed by atoms with Crippen molar-refractivity contribution in [3.05, 3.63) is 49.5 Å². The van der Waals surface area contributed by atoms with Crippen LogP contribution < -0.4 is 10.9 Å². The summed E-state index contributed by atoms with van der Waals surface area (Å²) in [5.74, 6) is 0. The zero-order valence-corrected chi connectivity index (χ0v) is 12.7. The minimum Gasteiger partial charge on any atom is -0.377 e. The number of aryl methyl sites for hydroxylation is 1. The van der Waals surface area contributed by atoms with Crippen LogP contribution in [0.4, 0.5) is 5.69 Å². The number of anilines is 1. The fourth-order valence-corrected chi connectivity index (χ4v) is 3.17. The molecule has 0 spiro atoms. The molecule has 96 valence electrons. The SMILES string of the molecule is CCn1cc(NC(C)c2ccc(Br)s2)ccc1=O. The fraction of sp³-hybridized carbons (Fsp3) is 0.308. The van der Waals surface area contributed by atoms with Crippen molar-refractivity contribution < 1.29 is 0 Å². The number of rotatable bonds is 4. The molecule has 2 aromatic heterocycles. The summed E-state index contributed by atoms with van der Waals surface area (Å²) in [5, 5.41) is 3.40. The third kappa shape index (κ3) is 3.03. The number of hydrogen-bond donors (Lipinski definition) is 1. The van der Waals surface area contributed by atoms with E-state index < -0.39 is 0 Å². The Labute approximate surface area is 119 Å². The molecule has 2 heterocycles. The van der Waals surface area contributed by atoms with E-state index in [1.807, 2.05) is 25.3 Å². The molecule has 2 aromatic rings. The average molecular weight is 327 g/mol. The first-order chi connectivity index (χ1) is 8.60. The molecule has 1 atom stereocenters. The van der Waals surface area contributed by atoms with Gasteiger partial charge in [-0.1, -0.05) is 0 Å². The lowest BCUT2D eigenvalue weighted by Crippen LogP contribution is -2.18. The quantitative estimate of drug-likeness (QED) is 0.925. The van der Waals surface area contributed by atoms with E-state index in [0.717, 1.165) is 9.47 Å². The molecule has 2 rings (SSSR count). The lowest BCUT2D eigenvalue weighted by molar-refractivity contribution is 0.726. The van der Waals surface area contributed by atoms with Crippen LogP contribution >= 0.6 is 27.3 Å². The van der Waals surface area contributed by atoms with Crippen LogP contribution in [0.3, 0.4) is 0 Å². The molecule has 0 fully saturated rings. The van der Waals surface area contributed by atoms with E-state index in [1.54, 1.807) is 22.0 Å². The van der Waals surface area contributed by atoms with Gasteiger partial charge in [0.25, 0.3) is 5.56 Å². The minimum absolute atomic E-state index is 0.0366. The van der Waals surface area contributed by atoms with Gasteiger partial charge in [-0.05, 0) is 48.0 Å². The van der Waals surface area contributed by atoms with Gasteiger partial charge in [-0.3, -0.25) is 4.79 Å². The zero-order chi connectivity index (χ0) is 13.1. The van der Waals surface area contributed by atoms with Crippen LogP contribution in [0.5, 0.6) is 0 Å². The number of pyridine rings is 1. The number of nitrogens with zero attached hydrogens (tertiary/aromatic N) is 1. The summed E-state index contributed by atoms with van der Waals surface area (Å²) < 4.78 is 2.82. The first kappa shape index (κ1) is 13.4. The van der Waals surface area contributed by atoms with Gasteiger partial charge in [-0.25, -0.2) is 0 Å². The number of aromatic nitrogens is 1. The smallest absolute Gasteiger partial charge is 0.250 e. The molecule has 18 heavy (non-hydrogen) atoms. The Morgan fingerprint density at radius 2 is 2.17 bits per heavy atom. The molecule has 0 bridgehead atoms. The molecule has 0 aliphatic carbocycles. The summed E-state index contributed by atoms with van der Waals surface area (Å²) >= 11 is 5.18. The maximum Gasteiger partial charge on any atom is 0.250 e. The fourth-order valence-electron chi connectivity index (χ4n) is 1.75. The van der Waals surface area contributed by atoms with E-state index in [-0.39, 0.29) is 11.6 Å². The highest BCUT2D eigenvalue weighted by Crippen LogP contribution is 2.28. The van der Waals surface area contributed by atoms with Crippen LogP contribution in [0, 0.1) is 0 Å². The Morgan fingerprint density at radius 3 is 2.78 bits per heavy atom. The Kier molecular flexibility index (Phi) is 4.24. The van der Waals surface area contributed by atoms with E-state index in [0.29, 0.717) is 6.54 Å². The summed E-state index contributed by atoms with van der Waals surface area (Å²) in [6, 6.07) is 7.80. The predicted octanol–water partition coefficient (Wildman–Crippen LogP) is 3.87. The van der Waals surface area contributed by atoms with Crippen molar-refractivity contribution in [3.63, 3.8) is 0 Å². The van der Waals surface area contributed by atoms with Crippen LogP contribution in [0.1, 0.15) is 24.8 Å². The van der Waals surface area contributed by atoms with Crippen LogP contribution in [-0.2, 0) is 6.54 Å². The Balaban J connectivity index is 2.16. The molecule has 1 unspecified atom stereocenters. The Morgan fingerprint density at radius 1 is 1.39 bits per heavy atom. The third-order valence-corrected chi connectivity index (χ3v) is 4.53. The van der Waals surface area contributed by atoms with Gasteiger partial charge in [0, 0.05) is 23.7 Å². The number of hydrogen-bond acceptors (Lipinski definition) is 3. The second-order valence-electron chi connectivity index (χ2n) is 4.05. The van der Waals surface area contributed by atoms with Gasteiger partial charge in [0.1, 0.15) is 0 Å². The maximum atomic E-state index is 11.5. The normalized spacial score (nSPS) is 12.4. The minimum atomic E-state index is 0.0366. The van der Waals surface area contributed by atoms with Crippen molar-refractivity contribution in [2.24, 2.45) is 0 Å². The number of thiophene rings is 1. The standard InChI is InChI=1S/C13H15BrN2OS/c1-3-16-8-10(4-7-13(16)17)15-9(2)11-5-6-12(14)18-11/h4-9,15H,3H2,1-2H3. The molecular weight excluding hydrogens is 312 g/mol. The molecule has 0 amide bonds. The first-order valence-corrected chi connectivity index (χ1v) is 7.43. The lowest BCUT2D eigenvalue weighted by Gasteiger charge is -2.14. The largest absolute Gasteiger partial charge is 0.377 e. The maximum absolute atomic E-state index is 11.5. The predicted molar refractivity (Wildman–Crippen MR) is 80.4 cm³/mol. The highest BCUT2D eigenvalue weighted by atomic mass is 79.9. The van der Waals surface area contributed by atoms with E-state index in [4.69, 9.17) is 0 Å². The summed E-state index contributed by atoms with van der Waals surface area (Å²) in [7, 11) is 0. The second kappa shape index (κ2) is 5.71. The monoisotopic (exact) mass is 326 g/mol. The molecule has 3 nitrogen and oxygen atoms in total. The van der Waals surface area contributed by atoms with Crippen molar-refractivity contribution in [2.75, 3.05) is 5.32 Å². The van der Waals surface area contributed by atoms with Gasteiger partial charge in [-0.15, -0.1) is 11.3 Å². The molecule has 0 saturated carbocycles. The molecule has 0 saturated heterocycles. The summed E-state index contributed by atoms with van der Waals surface area (Å²) in [6.45, 7) is 4.76. The van der Waals surface area contributed by atoms with Gasteiger partial charge >= 0.3 is 0 Å². The summed E-state index contributed by atoms with van der Waals surface area (Å²) in [5.41, 5.74) is 1.00. The van der Waals surface area contributed by atoms with E-state index in [1.165, 1.54) is 4.88 Å². The van der Waals surface area contributed by atoms with E-state index in [9.17, 15) is 4.79 Å². The summed E-state index contributed by atoms with van der Waals surface area (Å²) in [6.07, 6.45) is 1.86. The molecule has 0 aliphatic heterocycles. The number of halogens is 1. The molecular formula is C13H15BrN2OS.